The second-order valence-corrected chi connectivity index (χ2v) is 4.17. The van der Waals surface area contributed by atoms with E-state index in [2.05, 4.69) is 62.5 Å². The molecule has 0 aliphatic carbocycles. The van der Waals surface area contributed by atoms with Crippen LogP contribution in [0.2, 0.25) is 0 Å². The summed E-state index contributed by atoms with van der Waals surface area (Å²) in [5.41, 5.74) is 0. The minimum absolute atomic E-state index is 1.06. The maximum atomic E-state index is 2.26. The summed E-state index contributed by atoms with van der Waals surface area (Å²) in [6, 6.07) is 0. The van der Waals surface area contributed by atoms with Crippen LogP contribution in [-0.4, -0.2) is 0 Å². The Bertz CT molecular complexity index is 215. The molecule has 0 amide bonds. The highest BCUT2D eigenvalue weighted by atomic mass is 13.8. The summed E-state index contributed by atoms with van der Waals surface area (Å²) in [6.07, 6.45) is 26.1. The van der Waals surface area contributed by atoms with Gasteiger partial charge in [-0.15, -0.1) is 0 Å². The number of hydrogen-bond donors (Lipinski definition) is 0. The molecule has 0 spiro atoms. The second-order valence-electron chi connectivity index (χ2n) is 4.17. The maximum absolute atomic E-state index is 2.26. The summed E-state index contributed by atoms with van der Waals surface area (Å²) in [4.78, 5) is 0. The molecule has 0 aromatic heterocycles. The molecule has 0 radical (unpaired) electrons. The molecule has 0 aromatic rings. The van der Waals surface area contributed by atoms with Crippen LogP contribution in [0.4, 0.5) is 0 Å². The fourth-order valence-corrected chi connectivity index (χ4v) is 1.38. The molecule has 0 rings (SSSR count). The molecule has 0 heteroatoms. The molecule has 0 fully saturated rings. The van der Waals surface area contributed by atoms with E-state index in [-0.39, 0.29) is 0 Å². The Kier molecular flexibility index (Phi) is 14.0. The SMILES string of the molecule is CCC/C=C\C/C=C\C/C=C\C/C=C\CCC. The van der Waals surface area contributed by atoms with Crippen molar-refractivity contribution >= 4 is 0 Å². The first-order valence-corrected chi connectivity index (χ1v) is 7.01. The van der Waals surface area contributed by atoms with Crippen molar-refractivity contribution in [3.63, 3.8) is 0 Å². The van der Waals surface area contributed by atoms with E-state index in [0.717, 1.165) is 19.3 Å². The quantitative estimate of drug-likeness (QED) is 0.406. The number of rotatable bonds is 10. The summed E-state index contributed by atoms with van der Waals surface area (Å²) < 4.78 is 0. The van der Waals surface area contributed by atoms with Crippen LogP contribution in [0.15, 0.2) is 48.6 Å². The van der Waals surface area contributed by atoms with Gasteiger partial charge in [0.25, 0.3) is 0 Å². The Morgan fingerprint density at radius 1 is 0.471 bits per heavy atom. The van der Waals surface area contributed by atoms with Crippen molar-refractivity contribution in [2.45, 2.75) is 58.8 Å². The average Bonchev–Trinajstić information content (AvgIpc) is 2.35. The number of unbranched alkanes of at least 4 members (excludes halogenated alkanes) is 2. The van der Waals surface area contributed by atoms with Crippen molar-refractivity contribution in [2.75, 3.05) is 0 Å². The van der Waals surface area contributed by atoms with Gasteiger partial charge in [0, 0.05) is 0 Å². The molecule has 0 saturated heterocycles. The molecule has 0 aliphatic rings. The molecule has 0 aliphatic heterocycles. The van der Waals surface area contributed by atoms with Gasteiger partial charge >= 0.3 is 0 Å². The largest absolute Gasteiger partial charge is 0.0882 e. The molecule has 0 bridgehead atoms. The van der Waals surface area contributed by atoms with Crippen LogP contribution in [0.3, 0.4) is 0 Å². The third-order valence-corrected chi connectivity index (χ3v) is 2.39. The van der Waals surface area contributed by atoms with E-state index in [0.29, 0.717) is 0 Å². The molecule has 0 heterocycles. The van der Waals surface area contributed by atoms with Crippen LogP contribution in [0.5, 0.6) is 0 Å². The van der Waals surface area contributed by atoms with Gasteiger partial charge < -0.3 is 0 Å². The van der Waals surface area contributed by atoms with Crippen LogP contribution in [-0.2, 0) is 0 Å². The monoisotopic (exact) mass is 232 g/mol. The number of hydrogen-bond acceptors (Lipinski definition) is 0. The second kappa shape index (κ2) is 15.0. The van der Waals surface area contributed by atoms with Crippen LogP contribution in [0.1, 0.15) is 58.8 Å². The molecule has 0 atom stereocenters. The zero-order valence-corrected chi connectivity index (χ0v) is 11.6. The highest BCUT2D eigenvalue weighted by Crippen LogP contribution is 1.96. The first-order chi connectivity index (χ1) is 8.41. The van der Waals surface area contributed by atoms with Gasteiger partial charge in [-0.25, -0.2) is 0 Å². The van der Waals surface area contributed by atoms with Crippen molar-refractivity contribution in [2.24, 2.45) is 0 Å². The lowest BCUT2D eigenvalue weighted by molar-refractivity contribution is 0.954. The third kappa shape index (κ3) is 15.0. The Balaban J connectivity index is 3.36. The topological polar surface area (TPSA) is 0 Å². The summed E-state index contributed by atoms with van der Waals surface area (Å²) in [7, 11) is 0. The van der Waals surface area contributed by atoms with Crippen LogP contribution < -0.4 is 0 Å². The first-order valence-electron chi connectivity index (χ1n) is 7.01. The highest BCUT2D eigenvalue weighted by Gasteiger charge is 1.75. The van der Waals surface area contributed by atoms with E-state index in [9.17, 15) is 0 Å². The molecule has 0 N–H and O–H groups in total. The van der Waals surface area contributed by atoms with Crippen LogP contribution >= 0.6 is 0 Å². The molecule has 96 valence electrons. The zero-order chi connectivity index (χ0) is 12.6. The van der Waals surface area contributed by atoms with Gasteiger partial charge in [-0.3, -0.25) is 0 Å². The fraction of sp³-hybridized carbons (Fsp3) is 0.529. The number of allylic oxidation sites excluding steroid dienone is 8. The first kappa shape index (κ1) is 16.0. The van der Waals surface area contributed by atoms with E-state index >= 15 is 0 Å². The van der Waals surface area contributed by atoms with Gasteiger partial charge in [-0.05, 0) is 32.1 Å². The van der Waals surface area contributed by atoms with Crippen LogP contribution in [0.25, 0.3) is 0 Å². The third-order valence-electron chi connectivity index (χ3n) is 2.39. The molecular weight excluding hydrogens is 204 g/mol. The van der Waals surface area contributed by atoms with E-state index in [1.54, 1.807) is 0 Å². The fourth-order valence-electron chi connectivity index (χ4n) is 1.38. The Morgan fingerprint density at radius 3 is 1.06 bits per heavy atom. The Morgan fingerprint density at radius 2 is 0.765 bits per heavy atom. The minimum Gasteiger partial charge on any atom is -0.0882 e. The summed E-state index contributed by atoms with van der Waals surface area (Å²) in [6.45, 7) is 4.42. The van der Waals surface area contributed by atoms with Gasteiger partial charge in [0.05, 0.1) is 0 Å². The average molecular weight is 232 g/mol. The van der Waals surface area contributed by atoms with Gasteiger partial charge in [0.2, 0.25) is 0 Å². The van der Waals surface area contributed by atoms with Gasteiger partial charge in [-0.2, -0.15) is 0 Å². The lowest BCUT2D eigenvalue weighted by Crippen LogP contribution is -1.65. The Hall–Kier alpha value is -1.04. The Labute approximate surface area is 108 Å². The van der Waals surface area contributed by atoms with Crippen LogP contribution in [0, 0.1) is 0 Å². The predicted octanol–water partition coefficient (Wildman–Crippen LogP) is 5.98. The van der Waals surface area contributed by atoms with E-state index in [1.807, 2.05) is 0 Å². The van der Waals surface area contributed by atoms with Crippen molar-refractivity contribution in [1.29, 1.82) is 0 Å². The van der Waals surface area contributed by atoms with Crippen molar-refractivity contribution < 1.29 is 0 Å². The zero-order valence-electron chi connectivity index (χ0n) is 11.6. The smallest absolute Gasteiger partial charge is 0.0169 e. The summed E-state index contributed by atoms with van der Waals surface area (Å²) in [5, 5.41) is 0. The van der Waals surface area contributed by atoms with E-state index < -0.39 is 0 Å². The lowest BCUT2D eigenvalue weighted by Gasteiger charge is -1.86. The van der Waals surface area contributed by atoms with Gasteiger partial charge in [0.15, 0.2) is 0 Å². The summed E-state index contributed by atoms with van der Waals surface area (Å²) >= 11 is 0. The molecule has 17 heavy (non-hydrogen) atoms. The maximum Gasteiger partial charge on any atom is -0.0169 e. The van der Waals surface area contributed by atoms with Gasteiger partial charge in [-0.1, -0.05) is 75.3 Å². The van der Waals surface area contributed by atoms with E-state index in [4.69, 9.17) is 0 Å². The predicted molar refractivity (Wildman–Crippen MR) is 80.2 cm³/mol. The minimum atomic E-state index is 1.06. The standard InChI is InChI=1S/C17H28/c1-3-5-7-9-11-13-15-17-16-14-12-10-8-6-4-2/h7-10,13-16H,3-6,11-12,17H2,1-2H3/b9-7-,10-8-,15-13-,16-14-. The molecule has 0 nitrogen and oxygen atoms in total. The summed E-state index contributed by atoms with van der Waals surface area (Å²) in [5.74, 6) is 0. The molecule has 0 aromatic carbocycles. The molecule has 0 unspecified atom stereocenters. The van der Waals surface area contributed by atoms with Crippen molar-refractivity contribution in [1.82, 2.24) is 0 Å². The van der Waals surface area contributed by atoms with Gasteiger partial charge in [0.1, 0.15) is 0 Å². The molecule has 0 saturated carbocycles. The highest BCUT2D eigenvalue weighted by molar-refractivity contribution is 4.99. The molecular formula is C17H28. The normalized spacial score (nSPS) is 12.8. The van der Waals surface area contributed by atoms with E-state index in [1.165, 1.54) is 25.7 Å². The van der Waals surface area contributed by atoms with Crippen molar-refractivity contribution in [3.8, 4) is 0 Å². The lowest BCUT2D eigenvalue weighted by atomic mass is 10.2. The van der Waals surface area contributed by atoms with Crippen molar-refractivity contribution in [3.05, 3.63) is 48.6 Å².